The van der Waals surface area contributed by atoms with Gasteiger partial charge in [0.15, 0.2) is 5.69 Å². The second-order valence-corrected chi connectivity index (χ2v) is 7.83. The predicted molar refractivity (Wildman–Crippen MR) is 112 cm³/mol. The molecular weight excluding hydrogens is 346 g/mol. The zero-order valence-electron chi connectivity index (χ0n) is 16.6. The summed E-state index contributed by atoms with van der Waals surface area (Å²) in [4.78, 5) is 14.9. The average molecular weight is 374 g/mol. The normalized spacial score (nSPS) is 15.0. The Bertz CT molecular complexity index is 936. The summed E-state index contributed by atoms with van der Waals surface area (Å²) < 4.78 is 1.81. The Balaban J connectivity index is 1.40. The molecule has 2 heterocycles. The van der Waals surface area contributed by atoms with Gasteiger partial charge in [-0.15, -0.1) is 0 Å². The molecule has 1 aliphatic heterocycles. The van der Waals surface area contributed by atoms with Crippen molar-refractivity contribution in [2.75, 3.05) is 13.1 Å². The van der Waals surface area contributed by atoms with Crippen LogP contribution in [0.1, 0.15) is 34.5 Å². The maximum Gasteiger partial charge on any atom is 0.274 e. The summed E-state index contributed by atoms with van der Waals surface area (Å²) in [5, 5.41) is 4.50. The molecule has 4 rings (SSSR count). The van der Waals surface area contributed by atoms with Gasteiger partial charge in [0, 0.05) is 20.1 Å². The van der Waals surface area contributed by atoms with Crippen molar-refractivity contribution >= 4 is 5.91 Å². The number of benzene rings is 2. The van der Waals surface area contributed by atoms with E-state index in [9.17, 15) is 4.79 Å². The van der Waals surface area contributed by atoms with E-state index in [1.54, 1.807) is 4.68 Å². The number of hydrogen-bond acceptors (Lipinski definition) is 2. The fourth-order valence-corrected chi connectivity index (χ4v) is 4.02. The number of aromatic nitrogens is 2. The molecule has 0 radical (unpaired) electrons. The second-order valence-electron chi connectivity index (χ2n) is 7.83. The van der Waals surface area contributed by atoms with E-state index < -0.39 is 0 Å². The standard InChI is InChI=1S/C24H27N3O/c1-18-8-10-21(11-9-18)23-17-22(25-26(23)2)24(28)27-14-12-20(13-15-27)16-19-6-4-3-5-7-19/h3-11,17,20H,12-16H2,1-2H3. The minimum atomic E-state index is 0.0483. The lowest BCUT2D eigenvalue weighted by Gasteiger charge is -2.31. The smallest absolute Gasteiger partial charge is 0.274 e. The minimum absolute atomic E-state index is 0.0483. The van der Waals surface area contributed by atoms with Crippen molar-refractivity contribution < 1.29 is 4.79 Å². The van der Waals surface area contributed by atoms with Gasteiger partial charge < -0.3 is 4.90 Å². The van der Waals surface area contributed by atoms with Crippen LogP contribution in [0.5, 0.6) is 0 Å². The quantitative estimate of drug-likeness (QED) is 0.676. The highest BCUT2D eigenvalue weighted by Gasteiger charge is 2.25. The van der Waals surface area contributed by atoms with Crippen molar-refractivity contribution in [2.45, 2.75) is 26.2 Å². The third-order valence-electron chi connectivity index (χ3n) is 5.72. The average Bonchev–Trinajstić information content (AvgIpc) is 3.11. The third-order valence-corrected chi connectivity index (χ3v) is 5.72. The van der Waals surface area contributed by atoms with Crippen LogP contribution in [0, 0.1) is 12.8 Å². The van der Waals surface area contributed by atoms with E-state index in [1.165, 1.54) is 11.1 Å². The Morgan fingerprint density at radius 1 is 1.04 bits per heavy atom. The first-order chi connectivity index (χ1) is 13.6. The largest absolute Gasteiger partial charge is 0.337 e. The summed E-state index contributed by atoms with van der Waals surface area (Å²) in [5.74, 6) is 0.699. The first-order valence-corrected chi connectivity index (χ1v) is 10.0. The Labute approximate surface area is 166 Å². The molecule has 0 atom stereocenters. The zero-order chi connectivity index (χ0) is 19.5. The summed E-state index contributed by atoms with van der Waals surface area (Å²) in [6.45, 7) is 3.70. The lowest BCUT2D eigenvalue weighted by molar-refractivity contribution is 0.0684. The number of rotatable bonds is 4. The van der Waals surface area contributed by atoms with Crippen LogP contribution in [0.3, 0.4) is 0 Å². The molecule has 3 aromatic rings. The van der Waals surface area contributed by atoms with Crippen molar-refractivity contribution in [2.24, 2.45) is 13.0 Å². The summed E-state index contributed by atoms with van der Waals surface area (Å²) in [6.07, 6.45) is 3.21. The molecule has 4 nitrogen and oxygen atoms in total. The number of carbonyl (C=O) groups excluding carboxylic acids is 1. The molecule has 0 N–H and O–H groups in total. The molecule has 1 saturated heterocycles. The van der Waals surface area contributed by atoms with E-state index in [-0.39, 0.29) is 5.91 Å². The van der Waals surface area contributed by atoms with Crippen LogP contribution in [0.4, 0.5) is 0 Å². The fraction of sp³-hybridized carbons (Fsp3) is 0.333. The Morgan fingerprint density at radius 2 is 1.71 bits per heavy atom. The van der Waals surface area contributed by atoms with Crippen LogP contribution < -0.4 is 0 Å². The number of aryl methyl sites for hydroxylation is 2. The molecular formula is C24H27N3O. The molecule has 1 aliphatic rings. The lowest BCUT2D eigenvalue weighted by atomic mass is 9.90. The van der Waals surface area contributed by atoms with Crippen molar-refractivity contribution in [1.82, 2.24) is 14.7 Å². The monoisotopic (exact) mass is 373 g/mol. The molecule has 28 heavy (non-hydrogen) atoms. The maximum atomic E-state index is 13.0. The van der Waals surface area contributed by atoms with Gasteiger partial charge >= 0.3 is 0 Å². The number of hydrogen-bond donors (Lipinski definition) is 0. The van der Waals surface area contributed by atoms with Gasteiger partial charge in [0.05, 0.1) is 5.69 Å². The minimum Gasteiger partial charge on any atom is -0.337 e. The highest BCUT2D eigenvalue weighted by molar-refractivity contribution is 5.93. The summed E-state index contributed by atoms with van der Waals surface area (Å²) in [7, 11) is 1.90. The van der Waals surface area contributed by atoms with Crippen molar-refractivity contribution in [3.05, 3.63) is 77.5 Å². The molecule has 4 heteroatoms. The number of amides is 1. The third kappa shape index (κ3) is 4.01. The first-order valence-electron chi connectivity index (χ1n) is 10.0. The SMILES string of the molecule is Cc1ccc(-c2cc(C(=O)N3CCC(Cc4ccccc4)CC3)nn2C)cc1. The predicted octanol–water partition coefficient (Wildman–Crippen LogP) is 4.49. The van der Waals surface area contributed by atoms with Crippen molar-refractivity contribution in [1.29, 1.82) is 0 Å². The van der Waals surface area contributed by atoms with Gasteiger partial charge in [-0.25, -0.2) is 0 Å². The molecule has 1 aromatic heterocycles. The zero-order valence-corrected chi connectivity index (χ0v) is 16.6. The van der Waals surface area contributed by atoms with E-state index in [2.05, 4.69) is 66.6 Å². The van der Waals surface area contributed by atoms with Crippen molar-refractivity contribution in [3.8, 4) is 11.3 Å². The molecule has 1 fully saturated rings. The summed E-state index contributed by atoms with van der Waals surface area (Å²) in [5.41, 5.74) is 5.21. The molecule has 1 amide bonds. The molecule has 0 saturated carbocycles. The van der Waals surface area contributed by atoms with Crippen molar-refractivity contribution in [3.63, 3.8) is 0 Å². The molecule has 0 aliphatic carbocycles. The van der Waals surface area contributed by atoms with Crippen LogP contribution in [0.25, 0.3) is 11.3 Å². The van der Waals surface area contributed by atoms with E-state index in [0.29, 0.717) is 11.6 Å². The molecule has 0 spiro atoms. The van der Waals surface area contributed by atoms with Crippen LogP contribution in [-0.4, -0.2) is 33.7 Å². The number of likely N-dealkylation sites (tertiary alicyclic amines) is 1. The second kappa shape index (κ2) is 8.01. The molecule has 0 unspecified atom stereocenters. The van der Waals surface area contributed by atoms with Crippen LogP contribution in [0.2, 0.25) is 0 Å². The highest BCUT2D eigenvalue weighted by Crippen LogP contribution is 2.25. The van der Waals surface area contributed by atoms with Gasteiger partial charge in [-0.2, -0.15) is 5.10 Å². The van der Waals surface area contributed by atoms with Crippen LogP contribution >= 0.6 is 0 Å². The van der Waals surface area contributed by atoms with E-state index in [1.807, 2.05) is 18.0 Å². The topological polar surface area (TPSA) is 38.1 Å². The highest BCUT2D eigenvalue weighted by atomic mass is 16.2. The van der Waals surface area contributed by atoms with Gasteiger partial charge in [-0.05, 0) is 49.3 Å². The van der Waals surface area contributed by atoms with Gasteiger partial charge in [0.25, 0.3) is 5.91 Å². The number of carbonyl (C=O) groups is 1. The Kier molecular flexibility index (Phi) is 5.29. The van der Waals surface area contributed by atoms with Crippen LogP contribution in [-0.2, 0) is 13.5 Å². The van der Waals surface area contributed by atoms with E-state index in [4.69, 9.17) is 0 Å². The van der Waals surface area contributed by atoms with E-state index >= 15 is 0 Å². The van der Waals surface area contributed by atoms with Gasteiger partial charge in [0.2, 0.25) is 0 Å². The van der Waals surface area contributed by atoms with Gasteiger partial charge in [0.1, 0.15) is 0 Å². The summed E-state index contributed by atoms with van der Waals surface area (Å²) >= 11 is 0. The fourth-order valence-electron chi connectivity index (χ4n) is 4.02. The summed E-state index contributed by atoms with van der Waals surface area (Å²) in [6, 6.07) is 20.9. The molecule has 0 bridgehead atoms. The number of piperidine rings is 1. The van der Waals surface area contributed by atoms with Crippen LogP contribution in [0.15, 0.2) is 60.7 Å². The Hall–Kier alpha value is -2.88. The molecule has 2 aromatic carbocycles. The lowest BCUT2D eigenvalue weighted by Crippen LogP contribution is -2.39. The number of nitrogens with zero attached hydrogens (tertiary/aromatic N) is 3. The molecule has 144 valence electrons. The first kappa shape index (κ1) is 18.5. The van der Waals surface area contributed by atoms with Gasteiger partial charge in [-0.1, -0.05) is 60.2 Å². The maximum absolute atomic E-state index is 13.0. The van der Waals surface area contributed by atoms with Gasteiger partial charge in [-0.3, -0.25) is 9.48 Å². The Morgan fingerprint density at radius 3 is 2.39 bits per heavy atom. The van der Waals surface area contributed by atoms with E-state index in [0.717, 1.165) is 43.6 Å².